The Hall–Kier alpha value is -0.880. The molecule has 0 aliphatic heterocycles. The molecule has 1 aromatic rings. The number of benzene rings is 1. The minimum atomic E-state index is -4.33. The summed E-state index contributed by atoms with van der Waals surface area (Å²) in [7, 11) is -1.26. The van der Waals surface area contributed by atoms with Crippen molar-refractivity contribution in [1.29, 1.82) is 0 Å². The average molecular weight is 307 g/mol. The molecule has 2 nitrogen and oxygen atoms in total. The Bertz CT molecular complexity index is 463. The predicted molar refractivity (Wildman–Crippen MR) is 75.5 cm³/mol. The van der Waals surface area contributed by atoms with Gasteiger partial charge < -0.3 is 0 Å². The smallest absolute Gasteiger partial charge is 0.242 e. The minimum absolute atomic E-state index is 0.225. The SMILES string of the molecule is CCC(NS(=O)C(C)(C)C)c1ccc(C(F)(F)F)cc1. The Labute approximate surface area is 120 Å². The fourth-order valence-corrected chi connectivity index (χ4v) is 2.51. The molecule has 0 fully saturated rings. The van der Waals surface area contributed by atoms with Gasteiger partial charge in [-0.25, -0.2) is 8.93 Å². The summed E-state index contributed by atoms with van der Waals surface area (Å²) >= 11 is 0. The third kappa shape index (κ3) is 4.59. The second-order valence-corrected chi connectivity index (χ2v) is 7.58. The van der Waals surface area contributed by atoms with E-state index in [1.54, 1.807) is 0 Å². The van der Waals surface area contributed by atoms with E-state index in [1.165, 1.54) is 12.1 Å². The van der Waals surface area contributed by atoms with Gasteiger partial charge >= 0.3 is 6.18 Å². The number of hydrogen-bond acceptors (Lipinski definition) is 1. The molecule has 1 N–H and O–H groups in total. The number of halogens is 3. The molecule has 0 aliphatic rings. The van der Waals surface area contributed by atoms with Crippen molar-refractivity contribution in [2.75, 3.05) is 0 Å². The van der Waals surface area contributed by atoms with E-state index in [4.69, 9.17) is 0 Å². The van der Waals surface area contributed by atoms with Crippen LogP contribution in [0.5, 0.6) is 0 Å². The lowest BCUT2D eigenvalue weighted by molar-refractivity contribution is -0.137. The molecule has 114 valence electrons. The first-order chi connectivity index (χ1) is 9.05. The Morgan fingerprint density at radius 1 is 1.15 bits per heavy atom. The van der Waals surface area contributed by atoms with E-state index in [2.05, 4.69) is 4.72 Å². The fourth-order valence-electron chi connectivity index (χ4n) is 1.60. The summed E-state index contributed by atoms with van der Waals surface area (Å²) in [5, 5.41) is 0. The molecule has 2 atom stereocenters. The van der Waals surface area contributed by atoms with Crippen LogP contribution in [0.3, 0.4) is 0 Å². The van der Waals surface area contributed by atoms with Gasteiger partial charge in [0.15, 0.2) is 0 Å². The fraction of sp³-hybridized carbons (Fsp3) is 0.571. The number of hydrogen-bond donors (Lipinski definition) is 1. The zero-order valence-electron chi connectivity index (χ0n) is 12.0. The molecule has 0 heterocycles. The van der Waals surface area contributed by atoms with E-state index in [1.807, 2.05) is 27.7 Å². The van der Waals surface area contributed by atoms with Crippen LogP contribution >= 0.6 is 0 Å². The molecular weight excluding hydrogens is 287 g/mol. The summed E-state index contributed by atoms with van der Waals surface area (Å²) in [6.07, 6.45) is -3.69. The zero-order valence-corrected chi connectivity index (χ0v) is 12.9. The van der Waals surface area contributed by atoms with Crippen LogP contribution in [0.4, 0.5) is 13.2 Å². The largest absolute Gasteiger partial charge is 0.416 e. The van der Waals surface area contributed by atoms with Crippen LogP contribution in [0, 0.1) is 0 Å². The zero-order chi connectivity index (χ0) is 15.6. The van der Waals surface area contributed by atoms with E-state index in [0.29, 0.717) is 12.0 Å². The van der Waals surface area contributed by atoms with Crippen LogP contribution in [-0.4, -0.2) is 8.96 Å². The van der Waals surface area contributed by atoms with Gasteiger partial charge in [0.25, 0.3) is 0 Å². The molecule has 1 aromatic carbocycles. The maximum absolute atomic E-state index is 12.5. The number of alkyl halides is 3. The average Bonchev–Trinajstić information content (AvgIpc) is 2.33. The Morgan fingerprint density at radius 3 is 2.00 bits per heavy atom. The van der Waals surface area contributed by atoms with Crippen molar-refractivity contribution in [3.8, 4) is 0 Å². The molecule has 0 saturated carbocycles. The molecule has 0 spiro atoms. The molecular formula is C14H20F3NOS. The van der Waals surface area contributed by atoms with Gasteiger partial charge in [0.1, 0.15) is 0 Å². The van der Waals surface area contributed by atoms with E-state index < -0.39 is 27.5 Å². The number of nitrogens with one attached hydrogen (secondary N) is 1. The van der Waals surface area contributed by atoms with Gasteiger partial charge in [0.2, 0.25) is 0 Å². The van der Waals surface area contributed by atoms with Gasteiger partial charge in [-0.2, -0.15) is 13.2 Å². The second kappa shape index (κ2) is 6.26. The van der Waals surface area contributed by atoms with Gasteiger partial charge in [-0.3, -0.25) is 0 Å². The van der Waals surface area contributed by atoms with Gasteiger partial charge in [-0.1, -0.05) is 19.1 Å². The van der Waals surface area contributed by atoms with Gasteiger partial charge in [0, 0.05) is 6.04 Å². The predicted octanol–water partition coefficient (Wildman–Crippen LogP) is 4.21. The first kappa shape index (κ1) is 17.2. The minimum Gasteiger partial charge on any atom is -0.242 e. The molecule has 0 aliphatic carbocycles. The van der Waals surface area contributed by atoms with E-state index in [0.717, 1.165) is 12.1 Å². The molecule has 0 amide bonds. The van der Waals surface area contributed by atoms with Crippen LogP contribution in [-0.2, 0) is 17.2 Å². The molecule has 2 unspecified atom stereocenters. The van der Waals surface area contributed by atoms with Crippen molar-refractivity contribution in [2.45, 2.75) is 51.1 Å². The van der Waals surface area contributed by atoms with Crippen LogP contribution in [0.1, 0.15) is 51.3 Å². The summed E-state index contributed by atoms with van der Waals surface area (Å²) in [5.74, 6) is 0. The lowest BCUT2D eigenvalue weighted by Gasteiger charge is -2.24. The van der Waals surface area contributed by atoms with Gasteiger partial charge in [0.05, 0.1) is 21.3 Å². The highest BCUT2D eigenvalue weighted by Crippen LogP contribution is 2.30. The van der Waals surface area contributed by atoms with Crippen LogP contribution < -0.4 is 4.72 Å². The summed E-state index contributed by atoms with van der Waals surface area (Å²) in [6.45, 7) is 7.43. The van der Waals surface area contributed by atoms with Crippen LogP contribution in [0.15, 0.2) is 24.3 Å². The van der Waals surface area contributed by atoms with Crippen molar-refractivity contribution in [2.24, 2.45) is 0 Å². The Morgan fingerprint density at radius 2 is 1.65 bits per heavy atom. The van der Waals surface area contributed by atoms with Crippen molar-refractivity contribution >= 4 is 11.0 Å². The Kier molecular flexibility index (Phi) is 5.38. The lowest BCUT2D eigenvalue weighted by atomic mass is 10.0. The highest BCUT2D eigenvalue weighted by molar-refractivity contribution is 7.84. The highest BCUT2D eigenvalue weighted by Gasteiger charge is 2.30. The summed E-state index contributed by atoms with van der Waals surface area (Å²) in [6, 6.07) is 4.75. The molecule has 0 bridgehead atoms. The van der Waals surface area contributed by atoms with Gasteiger partial charge in [-0.05, 0) is 44.9 Å². The summed E-state index contributed by atoms with van der Waals surface area (Å²) < 4.78 is 52.1. The van der Waals surface area contributed by atoms with Crippen LogP contribution in [0.2, 0.25) is 0 Å². The third-order valence-corrected chi connectivity index (χ3v) is 4.47. The monoisotopic (exact) mass is 307 g/mol. The maximum Gasteiger partial charge on any atom is 0.416 e. The van der Waals surface area contributed by atoms with Crippen molar-refractivity contribution < 1.29 is 17.4 Å². The van der Waals surface area contributed by atoms with Gasteiger partial charge in [-0.15, -0.1) is 0 Å². The molecule has 0 radical (unpaired) electrons. The highest BCUT2D eigenvalue weighted by atomic mass is 32.2. The van der Waals surface area contributed by atoms with E-state index >= 15 is 0 Å². The second-order valence-electron chi connectivity index (χ2n) is 5.58. The number of rotatable bonds is 4. The lowest BCUT2D eigenvalue weighted by Crippen LogP contribution is -2.35. The molecule has 20 heavy (non-hydrogen) atoms. The molecule has 0 saturated heterocycles. The maximum atomic E-state index is 12.5. The standard InChI is InChI=1S/C14H20F3NOS/c1-5-12(18-20(19)13(2,3)4)10-6-8-11(9-7-10)14(15,16)17/h6-9,12,18H,5H2,1-4H3. The van der Waals surface area contributed by atoms with Crippen molar-refractivity contribution in [3.63, 3.8) is 0 Å². The Balaban J connectivity index is 2.89. The first-order valence-corrected chi connectivity index (χ1v) is 7.56. The van der Waals surface area contributed by atoms with E-state index in [9.17, 15) is 17.4 Å². The molecule has 0 aromatic heterocycles. The molecule has 1 rings (SSSR count). The third-order valence-electron chi connectivity index (χ3n) is 2.85. The van der Waals surface area contributed by atoms with Crippen molar-refractivity contribution in [3.05, 3.63) is 35.4 Å². The normalized spacial score (nSPS) is 15.9. The van der Waals surface area contributed by atoms with Crippen LogP contribution in [0.25, 0.3) is 0 Å². The van der Waals surface area contributed by atoms with E-state index in [-0.39, 0.29) is 6.04 Å². The van der Waals surface area contributed by atoms with Crippen molar-refractivity contribution in [1.82, 2.24) is 4.72 Å². The summed E-state index contributed by atoms with van der Waals surface area (Å²) in [5.41, 5.74) is 0.0335. The topological polar surface area (TPSA) is 29.1 Å². The quantitative estimate of drug-likeness (QED) is 0.887. The summed E-state index contributed by atoms with van der Waals surface area (Å²) in [4.78, 5) is 0. The first-order valence-electron chi connectivity index (χ1n) is 6.41. The molecule has 6 heteroatoms.